The number of fused-ring (bicyclic) bond motifs is 1. The van der Waals surface area contributed by atoms with Crippen molar-refractivity contribution in [3.05, 3.63) is 53.9 Å². The summed E-state index contributed by atoms with van der Waals surface area (Å²) >= 11 is 0. The SMILES string of the molecule is CC/C=C(\CC)CCN(O)C(=O)c1cccc2cnccc12. The Kier molecular flexibility index (Phi) is 5.67. The number of hydrogen-bond donors (Lipinski definition) is 1. The van der Waals surface area contributed by atoms with Gasteiger partial charge in [0.2, 0.25) is 0 Å². The fourth-order valence-electron chi connectivity index (χ4n) is 2.51. The van der Waals surface area contributed by atoms with Crippen molar-refractivity contribution in [2.75, 3.05) is 6.54 Å². The van der Waals surface area contributed by atoms with Crippen LogP contribution in [0.5, 0.6) is 0 Å². The Balaban J connectivity index is 2.14. The van der Waals surface area contributed by atoms with Crippen molar-refractivity contribution >= 4 is 16.7 Å². The van der Waals surface area contributed by atoms with Gasteiger partial charge < -0.3 is 0 Å². The predicted molar refractivity (Wildman–Crippen MR) is 87.8 cm³/mol. The van der Waals surface area contributed by atoms with Gasteiger partial charge in [-0.2, -0.15) is 0 Å². The second-order valence-electron chi connectivity index (χ2n) is 5.20. The van der Waals surface area contributed by atoms with Crippen molar-refractivity contribution < 1.29 is 10.0 Å². The van der Waals surface area contributed by atoms with Crippen LogP contribution in [-0.4, -0.2) is 27.7 Å². The molecule has 22 heavy (non-hydrogen) atoms. The van der Waals surface area contributed by atoms with Gasteiger partial charge in [-0.25, -0.2) is 5.06 Å². The summed E-state index contributed by atoms with van der Waals surface area (Å²) in [6.45, 7) is 4.48. The zero-order valence-electron chi connectivity index (χ0n) is 13.1. The van der Waals surface area contributed by atoms with Crippen molar-refractivity contribution in [1.82, 2.24) is 10.0 Å². The Labute approximate surface area is 131 Å². The standard InChI is InChI=1S/C18H22N2O2/c1-3-6-14(4-2)10-12-20(22)18(21)17-8-5-7-15-13-19-11-9-16(15)17/h5-9,11,13,22H,3-4,10,12H2,1-2H3/b14-6+. The second-order valence-corrected chi connectivity index (χ2v) is 5.20. The lowest BCUT2D eigenvalue weighted by Crippen LogP contribution is -2.28. The molecule has 0 atom stereocenters. The topological polar surface area (TPSA) is 53.4 Å². The first-order chi connectivity index (χ1) is 10.7. The van der Waals surface area contributed by atoms with E-state index in [1.54, 1.807) is 30.6 Å². The van der Waals surface area contributed by atoms with E-state index in [0.717, 1.165) is 28.7 Å². The Morgan fingerprint density at radius 1 is 1.32 bits per heavy atom. The van der Waals surface area contributed by atoms with Crippen molar-refractivity contribution in [2.24, 2.45) is 0 Å². The number of hydrogen-bond acceptors (Lipinski definition) is 3. The van der Waals surface area contributed by atoms with Crippen LogP contribution < -0.4 is 0 Å². The van der Waals surface area contributed by atoms with Gasteiger partial charge in [0.15, 0.2) is 0 Å². The summed E-state index contributed by atoms with van der Waals surface area (Å²) in [5.41, 5.74) is 1.76. The lowest BCUT2D eigenvalue weighted by atomic mass is 10.1. The van der Waals surface area contributed by atoms with Gasteiger partial charge in [-0.15, -0.1) is 0 Å². The highest BCUT2D eigenvalue weighted by atomic mass is 16.5. The number of aromatic nitrogens is 1. The number of carbonyl (C=O) groups excluding carboxylic acids is 1. The van der Waals surface area contributed by atoms with Crippen molar-refractivity contribution in [3.8, 4) is 0 Å². The van der Waals surface area contributed by atoms with E-state index >= 15 is 0 Å². The lowest BCUT2D eigenvalue weighted by molar-refractivity contribution is -0.0571. The van der Waals surface area contributed by atoms with E-state index in [-0.39, 0.29) is 5.91 Å². The molecule has 4 heteroatoms. The molecule has 2 aromatic rings. The molecular formula is C18H22N2O2. The highest BCUT2D eigenvalue weighted by Gasteiger charge is 2.16. The van der Waals surface area contributed by atoms with E-state index in [1.165, 1.54) is 5.57 Å². The monoisotopic (exact) mass is 298 g/mol. The Bertz CT molecular complexity index is 674. The first-order valence-corrected chi connectivity index (χ1v) is 7.68. The molecule has 0 radical (unpaired) electrons. The first-order valence-electron chi connectivity index (χ1n) is 7.68. The molecule has 1 amide bonds. The van der Waals surface area contributed by atoms with Gasteiger partial charge in [-0.3, -0.25) is 15.0 Å². The molecule has 0 aliphatic rings. The molecule has 2 rings (SSSR count). The first kappa shape index (κ1) is 16.2. The number of amides is 1. The van der Waals surface area contributed by atoms with Crippen LogP contribution >= 0.6 is 0 Å². The zero-order valence-corrected chi connectivity index (χ0v) is 13.1. The van der Waals surface area contributed by atoms with Crippen LogP contribution in [0.2, 0.25) is 0 Å². The Morgan fingerprint density at radius 3 is 2.86 bits per heavy atom. The van der Waals surface area contributed by atoms with Crippen molar-refractivity contribution in [2.45, 2.75) is 33.1 Å². The van der Waals surface area contributed by atoms with Crippen LogP contribution in [0.25, 0.3) is 10.8 Å². The van der Waals surface area contributed by atoms with E-state index < -0.39 is 0 Å². The van der Waals surface area contributed by atoms with Crippen LogP contribution in [0.3, 0.4) is 0 Å². The highest BCUT2D eigenvalue weighted by Crippen LogP contribution is 2.19. The van der Waals surface area contributed by atoms with Crippen molar-refractivity contribution in [3.63, 3.8) is 0 Å². The smallest absolute Gasteiger partial charge is 0.277 e. The summed E-state index contributed by atoms with van der Waals surface area (Å²) in [5, 5.41) is 12.6. The van der Waals surface area contributed by atoms with E-state index in [0.29, 0.717) is 18.5 Å². The molecule has 116 valence electrons. The minimum Gasteiger partial charge on any atom is -0.286 e. The highest BCUT2D eigenvalue weighted by molar-refractivity contribution is 6.06. The maximum Gasteiger partial charge on any atom is 0.277 e. The fourth-order valence-corrected chi connectivity index (χ4v) is 2.51. The quantitative estimate of drug-likeness (QED) is 0.494. The molecule has 0 fully saturated rings. The molecule has 0 spiro atoms. The van der Waals surface area contributed by atoms with Crippen LogP contribution in [-0.2, 0) is 0 Å². The molecule has 1 aromatic heterocycles. The molecule has 0 saturated carbocycles. The largest absolute Gasteiger partial charge is 0.286 e. The summed E-state index contributed by atoms with van der Waals surface area (Å²) < 4.78 is 0. The van der Waals surface area contributed by atoms with Gasteiger partial charge in [0.1, 0.15) is 0 Å². The van der Waals surface area contributed by atoms with E-state index in [9.17, 15) is 10.0 Å². The Hall–Kier alpha value is -2.20. The van der Waals surface area contributed by atoms with Gasteiger partial charge in [0.05, 0.1) is 6.54 Å². The lowest BCUT2D eigenvalue weighted by Gasteiger charge is -2.17. The molecule has 0 aliphatic heterocycles. The predicted octanol–water partition coefficient (Wildman–Crippen LogP) is 4.20. The zero-order chi connectivity index (χ0) is 15.9. The molecule has 1 heterocycles. The summed E-state index contributed by atoms with van der Waals surface area (Å²) in [7, 11) is 0. The van der Waals surface area contributed by atoms with E-state index in [2.05, 4.69) is 24.9 Å². The Morgan fingerprint density at radius 2 is 2.14 bits per heavy atom. The summed E-state index contributed by atoms with van der Waals surface area (Å²) in [6.07, 6.45) is 8.13. The molecule has 0 aliphatic carbocycles. The van der Waals surface area contributed by atoms with E-state index in [4.69, 9.17) is 0 Å². The van der Waals surface area contributed by atoms with Crippen LogP contribution in [0.1, 0.15) is 43.5 Å². The molecule has 1 N–H and O–H groups in total. The fraction of sp³-hybridized carbons (Fsp3) is 0.333. The maximum atomic E-state index is 12.5. The minimum atomic E-state index is -0.372. The number of carbonyl (C=O) groups is 1. The van der Waals surface area contributed by atoms with Gasteiger partial charge in [-0.1, -0.05) is 37.6 Å². The molecule has 4 nitrogen and oxygen atoms in total. The summed E-state index contributed by atoms with van der Waals surface area (Å²) in [4.78, 5) is 16.5. The molecular weight excluding hydrogens is 276 g/mol. The van der Waals surface area contributed by atoms with Crippen LogP contribution in [0, 0.1) is 0 Å². The average molecular weight is 298 g/mol. The third kappa shape index (κ3) is 3.71. The molecule has 0 saturated heterocycles. The molecule has 0 bridgehead atoms. The number of nitrogens with zero attached hydrogens (tertiary/aromatic N) is 2. The van der Waals surface area contributed by atoms with Gasteiger partial charge >= 0.3 is 0 Å². The summed E-state index contributed by atoms with van der Waals surface area (Å²) in [6, 6.07) is 7.24. The van der Waals surface area contributed by atoms with Gasteiger partial charge in [0.25, 0.3) is 5.91 Å². The molecule has 1 aromatic carbocycles. The van der Waals surface area contributed by atoms with Crippen molar-refractivity contribution in [1.29, 1.82) is 0 Å². The number of allylic oxidation sites excluding steroid dienone is 1. The third-order valence-corrected chi connectivity index (χ3v) is 3.74. The van der Waals surface area contributed by atoms with Crippen LogP contribution in [0.15, 0.2) is 48.3 Å². The number of rotatable bonds is 6. The van der Waals surface area contributed by atoms with Gasteiger partial charge in [-0.05, 0) is 36.8 Å². The van der Waals surface area contributed by atoms with Gasteiger partial charge in [0, 0.05) is 23.3 Å². The summed E-state index contributed by atoms with van der Waals surface area (Å²) in [5.74, 6) is -0.372. The number of pyridine rings is 1. The number of benzene rings is 1. The van der Waals surface area contributed by atoms with Crippen LogP contribution in [0.4, 0.5) is 0 Å². The average Bonchev–Trinajstić information content (AvgIpc) is 2.57. The number of hydroxylamine groups is 2. The third-order valence-electron chi connectivity index (χ3n) is 3.74. The molecule has 0 unspecified atom stereocenters. The maximum absolute atomic E-state index is 12.5. The minimum absolute atomic E-state index is 0.306. The normalized spacial score (nSPS) is 11.7. The van der Waals surface area contributed by atoms with E-state index in [1.807, 2.05) is 6.07 Å². The second kappa shape index (κ2) is 7.71.